The number of methoxy groups -OCH3 is 1. The fraction of sp³-hybridized carbons (Fsp3) is 0.583. The molecular formula is C12H17BrN2O2. The van der Waals surface area contributed by atoms with Crippen molar-refractivity contribution < 1.29 is 9.53 Å². The highest BCUT2D eigenvalue weighted by Crippen LogP contribution is 2.19. The van der Waals surface area contributed by atoms with Crippen molar-refractivity contribution in [3.05, 3.63) is 22.4 Å². The second kappa shape index (κ2) is 5.23. The van der Waals surface area contributed by atoms with E-state index in [1.165, 1.54) is 0 Å². The molecule has 0 bridgehead atoms. The first kappa shape index (κ1) is 12.6. The van der Waals surface area contributed by atoms with Gasteiger partial charge in [-0.1, -0.05) is 0 Å². The van der Waals surface area contributed by atoms with Crippen LogP contribution in [0.3, 0.4) is 0 Å². The van der Waals surface area contributed by atoms with Gasteiger partial charge in [0, 0.05) is 37.9 Å². The van der Waals surface area contributed by atoms with E-state index in [-0.39, 0.29) is 5.91 Å². The van der Waals surface area contributed by atoms with Crippen molar-refractivity contribution in [3.8, 4) is 0 Å². The third-order valence-corrected chi connectivity index (χ3v) is 3.69. The summed E-state index contributed by atoms with van der Waals surface area (Å²) >= 11 is 3.38. The average Bonchev–Trinajstić information content (AvgIpc) is 2.68. The molecule has 1 aliphatic rings. The van der Waals surface area contributed by atoms with Crippen molar-refractivity contribution >= 4 is 21.8 Å². The SMILES string of the molecule is COC1CCN(C(=O)c2cc(Br)cn2C)CC1. The van der Waals surface area contributed by atoms with Gasteiger partial charge in [-0.2, -0.15) is 0 Å². The van der Waals surface area contributed by atoms with E-state index in [9.17, 15) is 4.79 Å². The van der Waals surface area contributed by atoms with Crippen LogP contribution in [-0.4, -0.2) is 41.7 Å². The maximum Gasteiger partial charge on any atom is 0.270 e. The van der Waals surface area contributed by atoms with Gasteiger partial charge < -0.3 is 14.2 Å². The van der Waals surface area contributed by atoms with Gasteiger partial charge in [0.05, 0.1) is 6.10 Å². The molecule has 0 unspecified atom stereocenters. The Bertz CT molecular complexity index is 409. The zero-order chi connectivity index (χ0) is 12.4. The van der Waals surface area contributed by atoms with Gasteiger partial charge in [0.25, 0.3) is 5.91 Å². The molecule has 2 rings (SSSR count). The Morgan fingerprint density at radius 3 is 2.59 bits per heavy atom. The van der Waals surface area contributed by atoms with E-state index in [1.807, 2.05) is 28.8 Å². The Morgan fingerprint density at radius 2 is 2.12 bits per heavy atom. The molecule has 0 saturated carbocycles. The molecule has 1 aliphatic heterocycles. The fourth-order valence-electron chi connectivity index (χ4n) is 2.19. The van der Waals surface area contributed by atoms with E-state index in [1.54, 1.807) is 7.11 Å². The number of aromatic nitrogens is 1. The molecule has 5 heteroatoms. The maximum absolute atomic E-state index is 12.3. The summed E-state index contributed by atoms with van der Waals surface area (Å²) in [5.41, 5.74) is 0.729. The molecule has 1 aromatic rings. The molecule has 0 aliphatic carbocycles. The molecule has 17 heavy (non-hydrogen) atoms. The van der Waals surface area contributed by atoms with E-state index < -0.39 is 0 Å². The Balaban J connectivity index is 2.04. The van der Waals surface area contributed by atoms with Crippen LogP contribution in [0.5, 0.6) is 0 Å². The van der Waals surface area contributed by atoms with Gasteiger partial charge in [-0.25, -0.2) is 0 Å². The molecule has 1 fully saturated rings. The summed E-state index contributed by atoms with van der Waals surface area (Å²) in [6.45, 7) is 1.56. The lowest BCUT2D eigenvalue weighted by Gasteiger charge is -2.31. The first-order valence-electron chi connectivity index (χ1n) is 5.75. The third kappa shape index (κ3) is 2.72. The fourth-order valence-corrected chi connectivity index (χ4v) is 2.72. The number of halogens is 1. The highest BCUT2D eigenvalue weighted by Gasteiger charge is 2.24. The Labute approximate surface area is 110 Å². The smallest absolute Gasteiger partial charge is 0.270 e. The van der Waals surface area contributed by atoms with Crippen LogP contribution in [0.4, 0.5) is 0 Å². The van der Waals surface area contributed by atoms with Gasteiger partial charge in [-0.3, -0.25) is 4.79 Å². The monoisotopic (exact) mass is 300 g/mol. The molecule has 0 spiro atoms. The van der Waals surface area contributed by atoms with Crippen molar-refractivity contribution in [2.75, 3.05) is 20.2 Å². The van der Waals surface area contributed by atoms with E-state index in [4.69, 9.17) is 4.74 Å². The first-order chi connectivity index (χ1) is 8.11. The molecule has 0 N–H and O–H groups in total. The lowest BCUT2D eigenvalue weighted by atomic mass is 10.1. The summed E-state index contributed by atoms with van der Waals surface area (Å²) in [6, 6.07) is 1.87. The molecule has 1 amide bonds. The van der Waals surface area contributed by atoms with Gasteiger partial charge in [-0.05, 0) is 34.8 Å². The third-order valence-electron chi connectivity index (χ3n) is 3.25. The first-order valence-corrected chi connectivity index (χ1v) is 6.55. The number of piperidine rings is 1. The van der Waals surface area contributed by atoms with Gasteiger partial charge in [0.2, 0.25) is 0 Å². The Morgan fingerprint density at radius 1 is 1.47 bits per heavy atom. The summed E-state index contributed by atoms with van der Waals surface area (Å²) in [5, 5.41) is 0. The minimum atomic E-state index is 0.104. The predicted molar refractivity (Wildman–Crippen MR) is 69.0 cm³/mol. The molecule has 0 atom stereocenters. The van der Waals surface area contributed by atoms with E-state index >= 15 is 0 Å². The van der Waals surface area contributed by atoms with Gasteiger partial charge in [0.15, 0.2) is 0 Å². The number of rotatable bonds is 2. The molecule has 1 aromatic heterocycles. The van der Waals surface area contributed by atoms with Crippen LogP contribution in [0.25, 0.3) is 0 Å². The highest BCUT2D eigenvalue weighted by atomic mass is 79.9. The number of ether oxygens (including phenoxy) is 1. The molecule has 4 nitrogen and oxygen atoms in total. The molecule has 0 radical (unpaired) electrons. The largest absolute Gasteiger partial charge is 0.381 e. The van der Waals surface area contributed by atoms with Crippen LogP contribution in [0.2, 0.25) is 0 Å². The topological polar surface area (TPSA) is 34.5 Å². The lowest BCUT2D eigenvalue weighted by molar-refractivity contribution is 0.0346. The number of amides is 1. The van der Waals surface area contributed by atoms with Gasteiger partial charge >= 0.3 is 0 Å². The number of likely N-dealkylation sites (tertiary alicyclic amines) is 1. The number of hydrogen-bond acceptors (Lipinski definition) is 2. The number of carbonyl (C=O) groups excluding carboxylic acids is 1. The van der Waals surface area contributed by atoms with Crippen LogP contribution in [0.1, 0.15) is 23.3 Å². The zero-order valence-corrected chi connectivity index (χ0v) is 11.7. The summed E-state index contributed by atoms with van der Waals surface area (Å²) in [7, 11) is 3.62. The lowest BCUT2D eigenvalue weighted by Crippen LogP contribution is -2.41. The summed E-state index contributed by atoms with van der Waals surface area (Å²) in [4.78, 5) is 14.2. The van der Waals surface area contributed by atoms with Crippen molar-refractivity contribution in [2.45, 2.75) is 18.9 Å². The summed E-state index contributed by atoms with van der Waals surface area (Å²) in [6.07, 6.45) is 4.05. The Hall–Kier alpha value is -0.810. The van der Waals surface area contributed by atoms with Crippen molar-refractivity contribution in [1.82, 2.24) is 9.47 Å². The molecule has 1 saturated heterocycles. The Kier molecular flexibility index (Phi) is 3.89. The minimum Gasteiger partial charge on any atom is -0.381 e. The molecule has 94 valence electrons. The van der Waals surface area contributed by atoms with E-state index in [0.29, 0.717) is 6.10 Å². The van der Waals surface area contributed by atoms with Gasteiger partial charge in [0.1, 0.15) is 5.69 Å². The summed E-state index contributed by atoms with van der Waals surface area (Å²) < 4.78 is 8.10. The minimum absolute atomic E-state index is 0.104. The average molecular weight is 301 g/mol. The van der Waals surface area contributed by atoms with Crippen molar-refractivity contribution in [2.24, 2.45) is 7.05 Å². The quantitative estimate of drug-likeness (QED) is 0.838. The molecular weight excluding hydrogens is 284 g/mol. The predicted octanol–water partition coefficient (Wildman–Crippen LogP) is 2.04. The zero-order valence-electron chi connectivity index (χ0n) is 10.1. The number of nitrogens with zero attached hydrogens (tertiary/aromatic N) is 2. The highest BCUT2D eigenvalue weighted by molar-refractivity contribution is 9.10. The maximum atomic E-state index is 12.3. The number of hydrogen-bond donors (Lipinski definition) is 0. The second-order valence-electron chi connectivity index (χ2n) is 4.38. The molecule has 0 aromatic carbocycles. The van der Waals surface area contributed by atoms with Crippen LogP contribution >= 0.6 is 15.9 Å². The van der Waals surface area contributed by atoms with Crippen LogP contribution in [0, 0.1) is 0 Å². The van der Waals surface area contributed by atoms with E-state index in [0.717, 1.165) is 36.1 Å². The second-order valence-corrected chi connectivity index (χ2v) is 5.30. The van der Waals surface area contributed by atoms with Crippen LogP contribution < -0.4 is 0 Å². The molecule has 2 heterocycles. The van der Waals surface area contributed by atoms with Crippen molar-refractivity contribution in [1.29, 1.82) is 0 Å². The van der Waals surface area contributed by atoms with Crippen LogP contribution in [-0.2, 0) is 11.8 Å². The standard InChI is InChI=1S/C12H17BrN2O2/c1-14-8-9(13)7-11(14)12(16)15-5-3-10(17-2)4-6-15/h7-8,10H,3-6H2,1-2H3. The van der Waals surface area contributed by atoms with E-state index in [2.05, 4.69) is 15.9 Å². The number of carbonyl (C=O) groups is 1. The normalized spacial score (nSPS) is 17.5. The number of aryl methyl sites for hydroxylation is 1. The van der Waals surface area contributed by atoms with Crippen LogP contribution in [0.15, 0.2) is 16.7 Å². The summed E-state index contributed by atoms with van der Waals surface area (Å²) in [5.74, 6) is 0.104. The van der Waals surface area contributed by atoms with Gasteiger partial charge in [-0.15, -0.1) is 0 Å². The van der Waals surface area contributed by atoms with Crippen molar-refractivity contribution in [3.63, 3.8) is 0 Å².